The van der Waals surface area contributed by atoms with Crippen LogP contribution >= 0.6 is 0 Å². The molecule has 3 aromatic rings. The Labute approximate surface area is 176 Å². The van der Waals surface area contributed by atoms with Gasteiger partial charge in [-0.25, -0.2) is 9.07 Å². The van der Waals surface area contributed by atoms with Gasteiger partial charge in [-0.3, -0.25) is 9.69 Å². The minimum Gasteiger partial charge on any atom is -0.350 e. The van der Waals surface area contributed by atoms with Crippen molar-refractivity contribution in [1.82, 2.24) is 20.0 Å². The Hall–Kier alpha value is -2.99. The van der Waals surface area contributed by atoms with E-state index in [0.717, 1.165) is 11.1 Å². The molecule has 1 atom stereocenters. The Morgan fingerprint density at radius 1 is 1.27 bits per heavy atom. The highest BCUT2D eigenvalue weighted by Gasteiger charge is 2.29. The zero-order valence-electron chi connectivity index (χ0n) is 17.6. The maximum Gasteiger partial charge on any atom is 0.255 e. The second kappa shape index (κ2) is 8.40. The minimum absolute atomic E-state index is 0.157. The Bertz CT molecular complexity index is 1040. The van der Waals surface area contributed by atoms with Gasteiger partial charge in [0, 0.05) is 30.4 Å². The van der Waals surface area contributed by atoms with Crippen molar-refractivity contribution in [3.05, 3.63) is 71.7 Å². The maximum atomic E-state index is 13.3. The summed E-state index contributed by atoms with van der Waals surface area (Å²) in [7, 11) is 2.11. The number of benzene rings is 2. The van der Waals surface area contributed by atoms with Crippen LogP contribution < -0.4 is 5.32 Å². The zero-order chi connectivity index (χ0) is 21.3. The number of carbonyl (C=O) groups is 1. The molecular formula is C24H27FN4O. The van der Waals surface area contributed by atoms with Gasteiger partial charge in [-0.1, -0.05) is 23.8 Å². The van der Waals surface area contributed by atoms with Gasteiger partial charge in [0.2, 0.25) is 0 Å². The first kappa shape index (κ1) is 20.3. The molecule has 1 saturated carbocycles. The van der Waals surface area contributed by atoms with E-state index < -0.39 is 0 Å². The van der Waals surface area contributed by atoms with Crippen LogP contribution in [0.1, 0.15) is 35.7 Å². The monoisotopic (exact) mass is 406 g/mol. The standard InChI is InChI=1S/C24H27FN4O/c1-16-5-4-6-18(13-16)23-22(15-29(27-23)21-9-7-19(25)8-10-21)24(30)26-14-17(2)28(3)20-11-12-20/h4-10,13,15,17,20H,11-12,14H2,1-3H3,(H,26,30). The van der Waals surface area contributed by atoms with Gasteiger partial charge in [0.25, 0.3) is 5.91 Å². The number of amides is 1. The van der Waals surface area contributed by atoms with Crippen LogP contribution in [0.5, 0.6) is 0 Å². The van der Waals surface area contributed by atoms with Gasteiger partial charge < -0.3 is 5.32 Å². The van der Waals surface area contributed by atoms with Gasteiger partial charge in [0.15, 0.2) is 0 Å². The van der Waals surface area contributed by atoms with Crippen molar-refractivity contribution in [2.75, 3.05) is 13.6 Å². The van der Waals surface area contributed by atoms with E-state index in [-0.39, 0.29) is 17.8 Å². The van der Waals surface area contributed by atoms with Crippen LogP contribution in [0.2, 0.25) is 0 Å². The van der Waals surface area contributed by atoms with Crippen molar-refractivity contribution in [1.29, 1.82) is 0 Å². The van der Waals surface area contributed by atoms with E-state index in [1.54, 1.807) is 23.0 Å². The quantitative estimate of drug-likeness (QED) is 0.640. The second-order valence-corrected chi connectivity index (χ2v) is 8.14. The fourth-order valence-electron chi connectivity index (χ4n) is 3.59. The lowest BCUT2D eigenvalue weighted by atomic mass is 10.1. The Morgan fingerprint density at radius 3 is 2.67 bits per heavy atom. The minimum atomic E-state index is -0.309. The molecule has 1 fully saturated rings. The number of aromatic nitrogens is 2. The van der Waals surface area contributed by atoms with Crippen molar-refractivity contribution >= 4 is 5.91 Å². The fourth-order valence-corrected chi connectivity index (χ4v) is 3.59. The molecule has 0 aliphatic heterocycles. The van der Waals surface area contributed by atoms with Gasteiger partial charge >= 0.3 is 0 Å². The molecule has 1 amide bonds. The lowest BCUT2D eigenvalue weighted by Gasteiger charge is -2.24. The number of halogens is 1. The molecule has 1 aromatic heterocycles. The number of likely N-dealkylation sites (N-methyl/N-ethyl adjacent to an activating group) is 1. The average molecular weight is 407 g/mol. The van der Waals surface area contributed by atoms with Crippen molar-refractivity contribution in [2.24, 2.45) is 0 Å². The molecule has 30 heavy (non-hydrogen) atoms. The molecule has 1 aliphatic rings. The lowest BCUT2D eigenvalue weighted by molar-refractivity contribution is 0.0940. The number of aryl methyl sites for hydroxylation is 1. The third kappa shape index (κ3) is 4.44. The van der Waals surface area contributed by atoms with Crippen LogP contribution in [0.4, 0.5) is 4.39 Å². The van der Waals surface area contributed by atoms with Crippen LogP contribution in [0, 0.1) is 12.7 Å². The van der Waals surface area contributed by atoms with E-state index in [1.807, 2.05) is 31.2 Å². The predicted octanol–water partition coefficient (Wildman–Crippen LogP) is 4.20. The van der Waals surface area contributed by atoms with Crippen molar-refractivity contribution in [3.8, 4) is 16.9 Å². The van der Waals surface area contributed by atoms with Gasteiger partial charge in [-0.2, -0.15) is 5.10 Å². The number of nitrogens with zero attached hydrogens (tertiary/aromatic N) is 3. The van der Waals surface area contributed by atoms with E-state index in [0.29, 0.717) is 29.5 Å². The number of rotatable bonds is 7. The third-order valence-corrected chi connectivity index (χ3v) is 5.72. The molecule has 1 N–H and O–H groups in total. The molecular weight excluding hydrogens is 379 g/mol. The summed E-state index contributed by atoms with van der Waals surface area (Å²) in [5.41, 5.74) is 3.79. The first-order valence-electron chi connectivity index (χ1n) is 10.3. The van der Waals surface area contributed by atoms with E-state index >= 15 is 0 Å². The van der Waals surface area contributed by atoms with Crippen molar-refractivity contribution < 1.29 is 9.18 Å². The maximum absolute atomic E-state index is 13.3. The largest absolute Gasteiger partial charge is 0.350 e. The Kier molecular flexibility index (Phi) is 5.68. The Balaban J connectivity index is 1.62. The molecule has 2 aromatic carbocycles. The van der Waals surface area contributed by atoms with E-state index in [4.69, 9.17) is 0 Å². The number of hydrogen-bond donors (Lipinski definition) is 1. The first-order chi connectivity index (χ1) is 14.4. The normalized spacial score (nSPS) is 14.7. The fraction of sp³-hybridized carbons (Fsp3) is 0.333. The van der Waals surface area contributed by atoms with Crippen LogP contribution in [-0.4, -0.2) is 46.3 Å². The second-order valence-electron chi connectivity index (χ2n) is 8.14. The molecule has 0 radical (unpaired) electrons. The molecule has 6 heteroatoms. The molecule has 1 aliphatic carbocycles. The summed E-state index contributed by atoms with van der Waals surface area (Å²) in [6.07, 6.45) is 4.18. The van der Waals surface area contributed by atoms with Crippen molar-refractivity contribution in [2.45, 2.75) is 38.8 Å². The first-order valence-corrected chi connectivity index (χ1v) is 10.3. The zero-order valence-corrected chi connectivity index (χ0v) is 17.6. The topological polar surface area (TPSA) is 50.2 Å². The summed E-state index contributed by atoms with van der Waals surface area (Å²) in [6, 6.07) is 14.9. The van der Waals surface area contributed by atoms with Crippen LogP contribution in [0.3, 0.4) is 0 Å². The highest BCUT2D eigenvalue weighted by atomic mass is 19.1. The predicted molar refractivity (Wildman–Crippen MR) is 116 cm³/mol. The van der Waals surface area contributed by atoms with Gasteiger partial charge in [0.1, 0.15) is 11.5 Å². The summed E-state index contributed by atoms with van der Waals surface area (Å²) in [5.74, 6) is -0.465. The number of hydrogen-bond acceptors (Lipinski definition) is 3. The van der Waals surface area contributed by atoms with E-state index in [9.17, 15) is 9.18 Å². The molecule has 0 spiro atoms. The lowest BCUT2D eigenvalue weighted by Crippen LogP contribution is -2.41. The Morgan fingerprint density at radius 2 is 2.00 bits per heavy atom. The van der Waals surface area contributed by atoms with E-state index in [1.165, 1.54) is 25.0 Å². The smallest absolute Gasteiger partial charge is 0.255 e. The van der Waals surface area contributed by atoms with Crippen LogP contribution in [0.25, 0.3) is 16.9 Å². The molecule has 1 unspecified atom stereocenters. The summed E-state index contributed by atoms with van der Waals surface area (Å²) >= 11 is 0. The molecule has 5 nitrogen and oxygen atoms in total. The van der Waals surface area contributed by atoms with E-state index in [2.05, 4.69) is 29.3 Å². The van der Waals surface area contributed by atoms with Crippen LogP contribution in [-0.2, 0) is 0 Å². The average Bonchev–Trinajstić information content (AvgIpc) is 3.50. The molecule has 0 saturated heterocycles. The van der Waals surface area contributed by atoms with Gasteiger partial charge in [0.05, 0.1) is 11.3 Å². The summed E-state index contributed by atoms with van der Waals surface area (Å²) in [5, 5.41) is 7.73. The SMILES string of the molecule is Cc1cccc(-c2nn(-c3ccc(F)cc3)cc2C(=O)NCC(C)N(C)C2CC2)c1. The molecule has 1 heterocycles. The number of carbonyl (C=O) groups excluding carboxylic acids is 1. The summed E-state index contributed by atoms with van der Waals surface area (Å²) in [6.45, 7) is 4.71. The summed E-state index contributed by atoms with van der Waals surface area (Å²) < 4.78 is 15.0. The van der Waals surface area contributed by atoms with Gasteiger partial charge in [-0.15, -0.1) is 0 Å². The number of nitrogens with one attached hydrogen (secondary N) is 1. The van der Waals surface area contributed by atoms with Crippen LogP contribution in [0.15, 0.2) is 54.7 Å². The molecule has 4 rings (SSSR count). The van der Waals surface area contributed by atoms with Crippen molar-refractivity contribution in [3.63, 3.8) is 0 Å². The molecule has 0 bridgehead atoms. The third-order valence-electron chi connectivity index (χ3n) is 5.72. The highest BCUT2D eigenvalue weighted by Crippen LogP contribution is 2.27. The summed E-state index contributed by atoms with van der Waals surface area (Å²) in [4.78, 5) is 15.4. The molecule has 156 valence electrons. The van der Waals surface area contributed by atoms with Gasteiger partial charge in [-0.05, 0) is 64.1 Å². The highest BCUT2D eigenvalue weighted by molar-refractivity contribution is 6.00.